The summed E-state index contributed by atoms with van der Waals surface area (Å²) in [6.45, 7) is 0.617. The van der Waals surface area contributed by atoms with Gasteiger partial charge >= 0.3 is 0 Å². The standard InChI is InChI=1S/C27H20N6/c1-3-11-22(12-4-1)32-19-33(23-13-5-2-6-14-23)27-26(32)30-24(20-9-7-15-28-17-20)25(31-27)21-10-8-16-29-18-21/h1-18H,19H2. The number of aromatic nitrogens is 4. The fraction of sp³-hybridized carbons (Fsp3) is 0.0370. The van der Waals surface area contributed by atoms with E-state index in [1.165, 1.54) is 0 Å². The zero-order valence-corrected chi connectivity index (χ0v) is 17.8. The first-order chi connectivity index (χ1) is 16.4. The Hall–Kier alpha value is -4.58. The lowest BCUT2D eigenvalue weighted by molar-refractivity contribution is 0.976. The van der Waals surface area contributed by atoms with Gasteiger partial charge < -0.3 is 9.80 Å². The third kappa shape index (κ3) is 3.47. The Balaban J connectivity index is 1.61. The van der Waals surface area contributed by atoms with Gasteiger partial charge in [0.25, 0.3) is 0 Å². The summed E-state index contributed by atoms with van der Waals surface area (Å²) in [6.07, 6.45) is 7.18. The van der Waals surface area contributed by atoms with Gasteiger partial charge in [-0.15, -0.1) is 0 Å². The van der Waals surface area contributed by atoms with E-state index in [-0.39, 0.29) is 0 Å². The Bertz CT molecular complexity index is 1270. The first-order valence-electron chi connectivity index (χ1n) is 10.8. The van der Waals surface area contributed by atoms with Crippen LogP contribution in [0.4, 0.5) is 23.0 Å². The maximum Gasteiger partial charge on any atom is 0.179 e. The number of anilines is 4. The number of fused-ring (bicyclic) bond motifs is 1. The Labute approximate surface area is 191 Å². The van der Waals surface area contributed by atoms with Crippen LogP contribution in [0.3, 0.4) is 0 Å². The smallest absolute Gasteiger partial charge is 0.179 e. The quantitative estimate of drug-likeness (QED) is 0.358. The highest BCUT2D eigenvalue weighted by atomic mass is 15.4. The second-order valence-electron chi connectivity index (χ2n) is 7.72. The van der Waals surface area contributed by atoms with Crippen LogP contribution in [0.15, 0.2) is 110 Å². The monoisotopic (exact) mass is 428 g/mol. The molecule has 1 aliphatic heterocycles. The van der Waals surface area contributed by atoms with Crippen molar-refractivity contribution in [2.45, 2.75) is 0 Å². The summed E-state index contributed by atoms with van der Waals surface area (Å²) in [7, 11) is 0. The molecule has 33 heavy (non-hydrogen) atoms. The number of nitrogens with zero attached hydrogens (tertiary/aromatic N) is 6. The van der Waals surface area contributed by atoms with Gasteiger partial charge in [0.15, 0.2) is 11.6 Å². The molecule has 4 heterocycles. The third-order valence-corrected chi connectivity index (χ3v) is 5.66. The van der Waals surface area contributed by atoms with Crippen molar-refractivity contribution in [2.75, 3.05) is 16.5 Å². The molecule has 3 aromatic heterocycles. The molecular formula is C27H20N6. The highest BCUT2D eigenvalue weighted by Crippen LogP contribution is 2.44. The Morgan fingerprint density at radius 1 is 0.515 bits per heavy atom. The largest absolute Gasteiger partial charge is 0.305 e. The molecule has 6 heteroatoms. The van der Waals surface area contributed by atoms with E-state index < -0.39 is 0 Å². The van der Waals surface area contributed by atoms with Crippen molar-refractivity contribution in [2.24, 2.45) is 0 Å². The first-order valence-corrected chi connectivity index (χ1v) is 10.8. The van der Waals surface area contributed by atoms with E-state index in [0.717, 1.165) is 45.5 Å². The van der Waals surface area contributed by atoms with Gasteiger partial charge in [0.05, 0.1) is 0 Å². The maximum atomic E-state index is 5.19. The van der Waals surface area contributed by atoms with E-state index >= 15 is 0 Å². The van der Waals surface area contributed by atoms with Gasteiger partial charge in [-0.1, -0.05) is 36.4 Å². The van der Waals surface area contributed by atoms with Crippen molar-refractivity contribution in [3.05, 3.63) is 110 Å². The average molecular weight is 428 g/mol. The number of hydrogen-bond donors (Lipinski definition) is 0. The zero-order chi connectivity index (χ0) is 22.0. The molecule has 158 valence electrons. The number of pyridine rings is 2. The average Bonchev–Trinajstić information content (AvgIpc) is 3.29. The molecule has 6 rings (SSSR count). The molecule has 0 saturated carbocycles. The van der Waals surface area contributed by atoms with Gasteiger partial charge in [0, 0.05) is 47.3 Å². The minimum atomic E-state index is 0.617. The second kappa shape index (κ2) is 8.16. The number of benzene rings is 2. The van der Waals surface area contributed by atoms with Gasteiger partial charge in [-0.2, -0.15) is 0 Å². The molecule has 0 atom stereocenters. The van der Waals surface area contributed by atoms with E-state index in [0.29, 0.717) is 6.67 Å². The second-order valence-corrected chi connectivity index (χ2v) is 7.72. The SMILES string of the molecule is c1ccc(N2CN(c3ccccc3)c3nc(-c4cccnc4)c(-c4cccnc4)nc32)cc1. The fourth-order valence-corrected chi connectivity index (χ4v) is 4.09. The fourth-order valence-electron chi connectivity index (χ4n) is 4.09. The number of para-hydroxylation sites is 2. The van der Waals surface area contributed by atoms with Crippen molar-refractivity contribution in [3.8, 4) is 22.5 Å². The summed E-state index contributed by atoms with van der Waals surface area (Å²) in [4.78, 5) is 23.4. The summed E-state index contributed by atoms with van der Waals surface area (Å²) >= 11 is 0. The van der Waals surface area contributed by atoms with Crippen LogP contribution >= 0.6 is 0 Å². The van der Waals surface area contributed by atoms with Crippen molar-refractivity contribution in [3.63, 3.8) is 0 Å². The lowest BCUT2D eigenvalue weighted by atomic mass is 10.1. The molecule has 0 fully saturated rings. The van der Waals surface area contributed by atoms with E-state index in [2.05, 4.69) is 44.0 Å². The lowest BCUT2D eigenvalue weighted by Crippen LogP contribution is -2.24. The third-order valence-electron chi connectivity index (χ3n) is 5.66. The summed E-state index contributed by atoms with van der Waals surface area (Å²) in [5.41, 5.74) is 5.53. The minimum Gasteiger partial charge on any atom is -0.305 e. The number of rotatable bonds is 4. The molecule has 0 radical (unpaired) electrons. The Kier molecular flexibility index (Phi) is 4.73. The van der Waals surface area contributed by atoms with Crippen LogP contribution < -0.4 is 9.80 Å². The summed E-state index contributed by atoms with van der Waals surface area (Å²) in [5.74, 6) is 1.63. The number of hydrogen-bond acceptors (Lipinski definition) is 6. The molecule has 0 spiro atoms. The summed E-state index contributed by atoms with van der Waals surface area (Å²) in [5, 5.41) is 0. The lowest BCUT2D eigenvalue weighted by Gasteiger charge is -2.20. The molecule has 0 amide bonds. The molecular weight excluding hydrogens is 408 g/mol. The van der Waals surface area contributed by atoms with Gasteiger partial charge in [-0.05, 0) is 48.5 Å². The van der Waals surface area contributed by atoms with Crippen LogP contribution in [0.2, 0.25) is 0 Å². The normalized spacial score (nSPS) is 12.6. The molecule has 6 nitrogen and oxygen atoms in total. The molecule has 0 bridgehead atoms. The minimum absolute atomic E-state index is 0.617. The van der Waals surface area contributed by atoms with Gasteiger partial charge in [0.1, 0.15) is 18.1 Å². The molecule has 0 saturated heterocycles. The van der Waals surface area contributed by atoms with Crippen LogP contribution in [0.25, 0.3) is 22.5 Å². The van der Waals surface area contributed by atoms with Crippen LogP contribution in [0.1, 0.15) is 0 Å². The van der Waals surface area contributed by atoms with Gasteiger partial charge in [-0.3, -0.25) is 9.97 Å². The molecule has 0 unspecified atom stereocenters. The Morgan fingerprint density at radius 3 is 1.36 bits per heavy atom. The summed E-state index contributed by atoms with van der Waals surface area (Å²) < 4.78 is 0. The van der Waals surface area contributed by atoms with Crippen molar-refractivity contribution in [1.82, 2.24) is 19.9 Å². The van der Waals surface area contributed by atoms with E-state index in [4.69, 9.17) is 9.97 Å². The first kappa shape index (κ1) is 19.1. The predicted molar refractivity (Wildman–Crippen MR) is 131 cm³/mol. The Morgan fingerprint density at radius 2 is 0.970 bits per heavy atom. The highest BCUT2D eigenvalue weighted by molar-refractivity contribution is 5.88. The van der Waals surface area contributed by atoms with Crippen LogP contribution in [-0.4, -0.2) is 26.6 Å². The summed E-state index contributed by atoms with van der Waals surface area (Å²) in [6, 6.07) is 28.5. The van der Waals surface area contributed by atoms with E-state index in [9.17, 15) is 0 Å². The van der Waals surface area contributed by atoms with Crippen LogP contribution in [0, 0.1) is 0 Å². The van der Waals surface area contributed by atoms with Crippen molar-refractivity contribution >= 4 is 23.0 Å². The van der Waals surface area contributed by atoms with Gasteiger partial charge in [0.2, 0.25) is 0 Å². The van der Waals surface area contributed by atoms with Gasteiger partial charge in [-0.25, -0.2) is 9.97 Å². The zero-order valence-electron chi connectivity index (χ0n) is 17.8. The molecule has 0 aliphatic carbocycles. The molecule has 0 N–H and O–H groups in total. The van der Waals surface area contributed by atoms with E-state index in [1.807, 2.05) is 73.1 Å². The topological polar surface area (TPSA) is 58.0 Å². The van der Waals surface area contributed by atoms with Crippen LogP contribution in [-0.2, 0) is 0 Å². The predicted octanol–water partition coefficient (Wildman–Crippen LogP) is 5.85. The molecule has 5 aromatic rings. The maximum absolute atomic E-state index is 5.19. The van der Waals surface area contributed by atoms with Crippen LogP contribution in [0.5, 0.6) is 0 Å². The molecule has 2 aromatic carbocycles. The highest BCUT2D eigenvalue weighted by Gasteiger charge is 2.33. The molecule has 1 aliphatic rings. The van der Waals surface area contributed by atoms with E-state index in [1.54, 1.807) is 12.4 Å². The van der Waals surface area contributed by atoms with Crippen molar-refractivity contribution in [1.29, 1.82) is 0 Å². The van der Waals surface area contributed by atoms with Crippen molar-refractivity contribution < 1.29 is 0 Å².